The molecule has 5 heteroatoms. The first-order valence-electron chi connectivity index (χ1n) is 9.81. The summed E-state index contributed by atoms with van der Waals surface area (Å²) in [5.74, 6) is 0. The van der Waals surface area contributed by atoms with Gasteiger partial charge in [0.1, 0.15) is 0 Å². The van der Waals surface area contributed by atoms with Gasteiger partial charge in [-0.25, -0.2) is 14.0 Å². The van der Waals surface area contributed by atoms with E-state index in [2.05, 4.69) is 105 Å². The van der Waals surface area contributed by atoms with Crippen LogP contribution in [0.3, 0.4) is 0 Å². The van der Waals surface area contributed by atoms with Gasteiger partial charge in [0.05, 0.1) is 5.54 Å². The second kappa shape index (κ2) is 8.84. The van der Waals surface area contributed by atoms with Crippen LogP contribution in [-0.2, 0) is 0 Å². The maximum Gasteiger partial charge on any atom is 0.168 e. The van der Waals surface area contributed by atoms with E-state index < -0.39 is 7.51 Å². The van der Waals surface area contributed by atoms with Gasteiger partial charge in [0.2, 0.25) is 0 Å². The number of likely N-dealkylation sites (N-methyl/N-ethyl adjacent to an activating group) is 1. The summed E-state index contributed by atoms with van der Waals surface area (Å²) in [5.41, 5.74) is 1.20. The van der Waals surface area contributed by atoms with Crippen molar-refractivity contribution in [1.82, 2.24) is 14.0 Å². The van der Waals surface area contributed by atoms with Crippen molar-refractivity contribution in [1.29, 1.82) is 0 Å². The van der Waals surface area contributed by atoms with Crippen molar-refractivity contribution in [3.63, 3.8) is 0 Å². The second-order valence-electron chi connectivity index (χ2n) is 8.03. The average Bonchev–Trinajstić information content (AvgIpc) is 2.59. The summed E-state index contributed by atoms with van der Waals surface area (Å²) in [6.07, 6.45) is 5.78. The van der Waals surface area contributed by atoms with E-state index in [0.717, 1.165) is 26.1 Å². The first-order valence-corrected chi connectivity index (χ1v) is 11.4. The van der Waals surface area contributed by atoms with Crippen molar-refractivity contribution in [2.75, 3.05) is 33.7 Å². The number of benzene rings is 1. The summed E-state index contributed by atoms with van der Waals surface area (Å²) in [7, 11) is 2.63. The van der Waals surface area contributed by atoms with Gasteiger partial charge >= 0.3 is 0 Å². The summed E-state index contributed by atoms with van der Waals surface area (Å²) in [4.78, 5) is 0. The molecule has 0 radical (unpaired) electrons. The molecule has 1 fully saturated rings. The van der Waals surface area contributed by atoms with Gasteiger partial charge in [-0.2, -0.15) is 0 Å². The minimum absolute atomic E-state index is 0.0656. The lowest BCUT2D eigenvalue weighted by molar-refractivity contribution is 0.275. The summed E-state index contributed by atoms with van der Waals surface area (Å²) >= 11 is 0. The van der Waals surface area contributed by atoms with Gasteiger partial charge in [0, 0.05) is 25.7 Å². The largest absolute Gasteiger partial charge is 0.255 e. The van der Waals surface area contributed by atoms with E-state index in [-0.39, 0.29) is 5.54 Å². The van der Waals surface area contributed by atoms with E-state index in [1.54, 1.807) is 0 Å². The topological polar surface area (TPSA) is 22.1 Å². The van der Waals surface area contributed by atoms with Crippen LogP contribution in [0.4, 0.5) is 0 Å². The summed E-state index contributed by atoms with van der Waals surface area (Å²) in [6.45, 7) is 14.3. The quantitative estimate of drug-likeness (QED) is 0.641. The average molecular weight is 377 g/mol. The first-order chi connectivity index (χ1) is 12.2. The molecule has 2 unspecified atom stereocenters. The maximum atomic E-state index is 5.46. The summed E-state index contributed by atoms with van der Waals surface area (Å²) < 4.78 is 13.1. The lowest BCUT2D eigenvalue weighted by atomic mass is 10.1. The van der Waals surface area contributed by atoms with E-state index in [1.165, 1.54) is 5.56 Å². The fourth-order valence-electron chi connectivity index (χ4n) is 3.72. The molecule has 146 valence electrons. The van der Waals surface area contributed by atoms with E-state index in [9.17, 15) is 0 Å². The Morgan fingerprint density at radius 3 is 2.31 bits per heavy atom. The zero-order chi connectivity index (χ0) is 19.4. The molecular weight excluding hydrogens is 339 g/mol. The molecule has 0 saturated carbocycles. The lowest BCUT2D eigenvalue weighted by Gasteiger charge is -2.53. The van der Waals surface area contributed by atoms with Crippen LogP contribution in [-0.4, -0.2) is 59.3 Å². The van der Waals surface area contributed by atoms with Gasteiger partial charge in [0.25, 0.3) is 0 Å². The van der Waals surface area contributed by atoms with Crippen molar-refractivity contribution < 1.29 is 0 Å². The predicted octanol–water partition coefficient (Wildman–Crippen LogP) is 5.42. The highest BCUT2D eigenvalue weighted by molar-refractivity contribution is 7.59. The van der Waals surface area contributed by atoms with Gasteiger partial charge in [-0.05, 0) is 46.9 Å². The van der Waals surface area contributed by atoms with Crippen LogP contribution in [0.2, 0.25) is 0 Å². The van der Waals surface area contributed by atoms with Crippen molar-refractivity contribution in [2.45, 2.75) is 52.6 Å². The van der Waals surface area contributed by atoms with E-state index >= 15 is 0 Å². The minimum Gasteiger partial charge on any atom is -0.255 e. The summed E-state index contributed by atoms with van der Waals surface area (Å²) in [5, 5.41) is 0. The Morgan fingerprint density at radius 1 is 1.15 bits per heavy atom. The van der Waals surface area contributed by atoms with Gasteiger partial charge in [-0.1, -0.05) is 56.3 Å². The van der Waals surface area contributed by atoms with Crippen molar-refractivity contribution in [3.05, 3.63) is 42.0 Å². The van der Waals surface area contributed by atoms with Gasteiger partial charge in [-0.3, -0.25) is 4.74 Å². The zero-order valence-corrected chi connectivity index (χ0v) is 18.6. The van der Waals surface area contributed by atoms with E-state index in [4.69, 9.17) is 4.74 Å². The Hall–Kier alpha value is -0.930. The molecule has 2 rings (SSSR count). The van der Waals surface area contributed by atoms with E-state index in [0.29, 0.717) is 6.04 Å². The highest BCUT2D eigenvalue weighted by Crippen LogP contribution is 2.62. The molecular formula is C21H37N4P. The third-order valence-electron chi connectivity index (χ3n) is 4.96. The van der Waals surface area contributed by atoms with E-state index in [1.807, 2.05) is 0 Å². The monoisotopic (exact) mass is 376 g/mol. The second-order valence-corrected chi connectivity index (χ2v) is 11.2. The third kappa shape index (κ3) is 4.67. The SMILES string of the molecule is CCN(CC)P1(=NC(C)(C)C)N(C)CCC(C=Cc2ccccc2)N1C. The molecule has 0 aliphatic carbocycles. The molecule has 0 N–H and O–H groups in total. The summed E-state index contributed by atoms with van der Waals surface area (Å²) in [6, 6.07) is 11.0. The standard InChI is InChI=1S/C21H37N4P/c1-8-25(9-2)26(22-21(3,4)5)23(6)18-17-20(24(26)7)16-15-19-13-11-10-12-14-19/h10-16,20H,8-9,17-18H2,1-7H3. The lowest BCUT2D eigenvalue weighted by Crippen LogP contribution is -2.47. The highest BCUT2D eigenvalue weighted by atomic mass is 31.2. The zero-order valence-electron chi connectivity index (χ0n) is 17.7. The molecule has 1 aromatic carbocycles. The number of rotatable bonds is 5. The van der Waals surface area contributed by atoms with Crippen LogP contribution < -0.4 is 0 Å². The predicted molar refractivity (Wildman–Crippen MR) is 116 cm³/mol. The van der Waals surface area contributed by atoms with Gasteiger partial charge < -0.3 is 0 Å². The number of hydrogen-bond donors (Lipinski definition) is 0. The van der Waals surface area contributed by atoms with Crippen LogP contribution in [0.15, 0.2) is 41.2 Å². The first kappa shape index (κ1) is 21.4. The molecule has 0 spiro atoms. The van der Waals surface area contributed by atoms with Crippen LogP contribution in [0.25, 0.3) is 6.08 Å². The van der Waals surface area contributed by atoms with Crippen LogP contribution in [0.1, 0.15) is 46.6 Å². The molecule has 1 aromatic rings. The Morgan fingerprint density at radius 2 is 1.77 bits per heavy atom. The molecule has 0 aromatic heterocycles. The Bertz CT molecular complexity index is 644. The molecule has 26 heavy (non-hydrogen) atoms. The van der Waals surface area contributed by atoms with Crippen molar-refractivity contribution in [3.8, 4) is 0 Å². The Labute approximate surface area is 161 Å². The third-order valence-corrected chi connectivity index (χ3v) is 9.42. The van der Waals surface area contributed by atoms with Gasteiger partial charge in [-0.15, -0.1) is 0 Å². The van der Waals surface area contributed by atoms with Crippen LogP contribution in [0.5, 0.6) is 0 Å². The number of nitrogens with zero attached hydrogens (tertiary/aromatic N) is 4. The molecule has 1 aliphatic heterocycles. The molecule has 0 bridgehead atoms. The minimum atomic E-state index is -1.91. The van der Waals surface area contributed by atoms with Crippen LogP contribution in [0, 0.1) is 0 Å². The normalized spacial score (nSPS) is 25.9. The molecule has 2 atom stereocenters. The Balaban J connectivity index is 2.45. The molecule has 1 heterocycles. The van der Waals surface area contributed by atoms with Gasteiger partial charge in [0.15, 0.2) is 7.51 Å². The van der Waals surface area contributed by atoms with Crippen LogP contribution >= 0.6 is 7.51 Å². The molecule has 4 nitrogen and oxygen atoms in total. The maximum absolute atomic E-state index is 5.46. The smallest absolute Gasteiger partial charge is 0.168 e. The molecule has 0 amide bonds. The fraction of sp³-hybridized carbons (Fsp3) is 0.619. The molecule has 1 aliphatic rings. The van der Waals surface area contributed by atoms with Crippen molar-refractivity contribution >= 4 is 13.6 Å². The number of hydrogen-bond acceptors (Lipinski definition) is 1. The molecule has 1 saturated heterocycles. The van der Waals surface area contributed by atoms with Crippen molar-refractivity contribution in [2.24, 2.45) is 4.74 Å². The highest BCUT2D eigenvalue weighted by Gasteiger charge is 2.42. The fourth-order valence-corrected chi connectivity index (χ4v) is 7.99. The Kier molecular flexibility index (Phi) is 7.27.